The Morgan fingerprint density at radius 2 is 1.64 bits per heavy atom. The highest BCUT2D eigenvalue weighted by Crippen LogP contribution is 2.42. The summed E-state index contributed by atoms with van der Waals surface area (Å²) in [5.41, 5.74) is 6.16. The average molecular weight is 531 g/mol. The molecule has 3 aromatic rings. The van der Waals surface area contributed by atoms with Crippen molar-refractivity contribution in [2.45, 2.75) is 45.5 Å². The van der Waals surface area contributed by atoms with Gasteiger partial charge in [0.25, 0.3) is 0 Å². The van der Waals surface area contributed by atoms with E-state index in [4.69, 9.17) is 14.2 Å². The van der Waals surface area contributed by atoms with Crippen molar-refractivity contribution in [1.29, 1.82) is 0 Å². The highest BCUT2D eigenvalue weighted by molar-refractivity contribution is 5.74. The second-order valence-corrected chi connectivity index (χ2v) is 10.4. The molecule has 2 aliphatic rings. The minimum Gasteiger partial charge on any atom is -0.392 e. The SMILES string of the molecule is CC(=O)NCc1ccccc1-c1ccc(C2OC(CN3CCOCC3)C(C)C(c3ccc(CO)cc3)O2)cc1. The summed E-state index contributed by atoms with van der Waals surface area (Å²) in [4.78, 5) is 13.9. The van der Waals surface area contributed by atoms with Gasteiger partial charge in [0.05, 0.1) is 32.0 Å². The molecular weight excluding hydrogens is 492 g/mol. The summed E-state index contributed by atoms with van der Waals surface area (Å²) in [5.74, 6) is 0.0946. The van der Waals surface area contributed by atoms with E-state index in [-0.39, 0.29) is 30.6 Å². The molecule has 2 saturated heterocycles. The molecule has 7 heteroatoms. The first-order chi connectivity index (χ1) is 19.0. The van der Waals surface area contributed by atoms with Crippen LogP contribution in [0.3, 0.4) is 0 Å². The van der Waals surface area contributed by atoms with Crippen molar-refractivity contribution in [1.82, 2.24) is 10.2 Å². The number of carbonyl (C=O) groups is 1. The molecule has 2 heterocycles. The molecular formula is C32H38N2O5. The molecule has 4 atom stereocenters. The number of aliphatic hydroxyl groups excluding tert-OH is 1. The van der Waals surface area contributed by atoms with Crippen LogP contribution in [-0.4, -0.2) is 54.9 Å². The smallest absolute Gasteiger partial charge is 0.217 e. The summed E-state index contributed by atoms with van der Waals surface area (Å²) in [6.07, 6.45) is -0.651. The Bertz CT molecular complexity index is 1220. The number of benzene rings is 3. The van der Waals surface area contributed by atoms with Crippen LogP contribution in [0.2, 0.25) is 0 Å². The molecule has 2 N–H and O–H groups in total. The molecule has 7 nitrogen and oxygen atoms in total. The van der Waals surface area contributed by atoms with Crippen LogP contribution >= 0.6 is 0 Å². The Morgan fingerprint density at radius 1 is 0.949 bits per heavy atom. The Kier molecular flexibility index (Phi) is 9.06. The van der Waals surface area contributed by atoms with E-state index in [1.807, 2.05) is 30.3 Å². The minimum atomic E-state index is -0.501. The van der Waals surface area contributed by atoms with E-state index < -0.39 is 6.29 Å². The third-order valence-electron chi connectivity index (χ3n) is 7.70. The highest BCUT2D eigenvalue weighted by Gasteiger charge is 2.39. The number of amides is 1. The number of nitrogens with one attached hydrogen (secondary N) is 1. The normalized spacial score (nSPS) is 23.9. The Morgan fingerprint density at radius 3 is 2.33 bits per heavy atom. The monoisotopic (exact) mass is 530 g/mol. The van der Waals surface area contributed by atoms with Crippen LogP contribution in [0.5, 0.6) is 0 Å². The number of ether oxygens (including phenoxy) is 3. The molecule has 2 fully saturated rings. The van der Waals surface area contributed by atoms with Gasteiger partial charge in [0.2, 0.25) is 5.91 Å². The van der Waals surface area contributed by atoms with E-state index in [2.05, 4.69) is 59.6 Å². The number of nitrogens with zero attached hydrogens (tertiary/aromatic N) is 1. The quantitative estimate of drug-likeness (QED) is 0.443. The molecule has 3 aromatic carbocycles. The summed E-state index contributed by atoms with van der Waals surface area (Å²) in [6.45, 7) is 8.36. The van der Waals surface area contributed by atoms with Crippen LogP contribution in [0.4, 0.5) is 0 Å². The fourth-order valence-electron chi connectivity index (χ4n) is 5.36. The predicted molar refractivity (Wildman–Crippen MR) is 150 cm³/mol. The largest absolute Gasteiger partial charge is 0.392 e. The number of aliphatic hydroxyl groups is 1. The predicted octanol–water partition coefficient (Wildman–Crippen LogP) is 4.61. The second-order valence-electron chi connectivity index (χ2n) is 10.4. The first-order valence-electron chi connectivity index (χ1n) is 13.7. The molecule has 0 spiro atoms. The minimum absolute atomic E-state index is 0.0116. The lowest BCUT2D eigenvalue weighted by molar-refractivity contribution is -0.277. The van der Waals surface area contributed by atoms with Crippen molar-refractivity contribution in [2.75, 3.05) is 32.8 Å². The summed E-state index contributed by atoms with van der Waals surface area (Å²) in [6, 6.07) is 24.5. The highest BCUT2D eigenvalue weighted by atomic mass is 16.7. The Hall–Kier alpha value is -3.07. The van der Waals surface area contributed by atoms with Crippen molar-refractivity contribution >= 4 is 5.91 Å². The van der Waals surface area contributed by atoms with Gasteiger partial charge in [-0.3, -0.25) is 9.69 Å². The van der Waals surface area contributed by atoms with Gasteiger partial charge < -0.3 is 24.6 Å². The fourth-order valence-corrected chi connectivity index (χ4v) is 5.36. The molecule has 39 heavy (non-hydrogen) atoms. The zero-order valence-corrected chi connectivity index (χ0v) is 22.7. The van der Waals surface area contributed by atoms with E-state index in [0.717, 1.165) is 66.2 Å². The summed E-state index contributed by atoms with van der Waals surface area (Å²) in [7, 11) is 0. The maximum absolute atomic E-state index is 11.5. The number of rotatable bonds is 8. The van der Waals surface area contributed by atoms with Crippen LogP contribution in [0.15, 0.2) is 72.8 Å². The van der Waals surface area contributed by atoms with Crippen LogP contribution < -0.4 is 5.32 Å². The number of carbonyl (C=O) groups excluding carboxylic acids is 1. The van der Waals surface area contributed by atoms with Crippen molar-refractivity contribution < 1.29 is 24.1 Å². The van der Waals surface area contributed by atoms with E-state index in [9.17, 15) is 9.90 Å². The molecule has 1 amide bonds. The molecule has 0 aromatic heterocycles. The summed E-state index contributed by atoms with van der Waals surface area (Å²) < 4.78 is 18.8. The first-order valence-corrected chi connectivity index (χ1v) is 13.7. The lowest BCUT2D eigenvalue weighted by atomic mass is 9.90. The lowest BCUT2D eigenvalue weighted by Gasteiger charge is -2.43. The number of hydrogen-bond acceptors (Lipinski definition) is 6. The number of morpholine rings is 1. The van der Waals surface area contributed by atoms with Gasteiger partial charge in [-0.2, -0.15) is 0 Å². The molecule has 2 aliphatic heterocycles. The number of hydrogen-bond donors (Lipinski definition) is 2. The molecule has 206 valence electrons. The molecule has 4 unspecified atom stereocenters. The Labute approximate surface area is 230 Å². The van der Waals surface area contributed by atoms with Crippen molar-refractivity contribution in [3.63, 3.8) is 0 Å². The zero-order valence-electron chi connectivity index (χ0n) is 22.7. The van der Waals surface area contributed by atoms with E-state index in [1.165, 1.54) is 6.92 Å². The zero-order chi connectivity index (χ0) is 27.2. The van der Waals surface area contributed by atoms with Crippen LogP contribution in [0, 0.1) is 5.92 Å². The Balaban J connectivity index is 1.39. The van der Waals surface area contributed by atoms with Gasteiger partial charge in [-0.1, -0.05) is 79.7 Å². The van der Waals surface area contributed by atoms with Gasteiger partial charge in [-0.15, -0.1) is 0 Å². The molecule has 0 radical (unpaired) electrons. The van der Waals surface area contributed by atoms with Gasteiger partial charge in [0.15, 0.2) is 6.29 Å². The van der Waals surface area contributed by atoms with Crippen LogP contribution in [0.25, 0.3) is 11.1 Å². The van der Waals surface area contributed by atoms with Crippen molar-refractivity contribution in [2.24, 2.45) is 5.92 Å². The third kappa shape index (κ3) is 6.75. The van der Waals surface area contributed by atoms with Gasteiger partial charge in [-0.25, -0.2) is 0 Å². The molecule has 0 saturated carbocycles. The van der Waals surface area contributed by atoms with Crippen molar-refractivity contribution in [3.05, 3.63) is 95.1 Å². The lowest BCUT2D eigenvalue weighted by Crippen LogP contribution is -2.47. The van der Waals surface area contributed by atoms with Crippen LogP contribution in [-0.2, 0) is 32.2 Å². The van der Waals surface area contributed by atoms with Gasteiger partial charge in [0.1, 0.15) is 0 Å². The summed E-state index contributed by atoms with van der Waals surface area (Å²) in [5, 5.41) is 12.4. The van der Waals surface area contributed by atoms with Gasteiger partial charge in [0, 0.05) is 44.6 Å². The topological polar surface area (TPSA) is 80.3 Å². The summed E-state index contributed by atoms with van der Waals surface area (Å²) >= 11 is 0. The van der Waals surface area contributed by atoms with Crippen molar-refractivity contribution in [3.8, 4) is 11.1 Å². The molecule has 0 bridgehead atoms. The second kappa shape index (κ2) is 12.9. The standard InChI is InChI=1S/C32H38N2O5/c1-22-30(20-34-15-17-37-18-16-34)38-32(39-31(22)26-9-7-24(21-35)8-10-26)27-13-11-25(12-14-27)29-6-4-3-5-28(29)19-33-23(2)36/h3-14,22,30-32,35H,15-21H2,1-2H3,(H,33,36). The van der Waals surface area contributed by atoms with E-state index in [1.54, 1.807) is 0 Å². The van der Waals surface area contributed by atoms with Crippen LogP contribution in [0.1, 0.15) is 48.5 Å². The maximum Gasteiger partial charge on any atom is 0.217 e. The first kappa shape index (κ1) is 27.5. The third-order valence-corrected chi connectivity index (χ3v) is 7.70. The average Bonchev–Trinajstić information content (AvgIpc) is 2.98. The molecule has 0 aliphatic carbocycles. The molecule has 5 rings (SSSR count). The maximum atomic E-state index is 11.5. The van der Waals surface area contributed by atoms with E-state index >= 15 is 0 Å². The van der Waals surface area contributed by atoms with Gasteiger partial charge >= 0.3 is 0 Å². The fraction of sp³-hybridized carbons (Fsp3) is 0.406. The van der Waals surface area contributed by atoms with Gasteiger partial charge in [-0.05, 0) is 27.8 Å². The van der Waals surface area contributed by atoms with E-state index in [0.29, 0.717) is 6.54 Å².